The van der Waals surface area contributed by atoms with E-state index in [0.717, 1.165) is 43.4 Å². The van der Waals surface area contributed by atoms with Gasteiger partial charge in [0.05, 0.1) is 5.71 Å². The van der Waals surface area contributed by atoms with Crippen LogP contribution in [0.1, 0.15) is 63.5 Å². The van der Waals surface area contributed by atoms with Crippen molar-refractivity contribution in [3.8, 4) is 5.88 Å². The summed E-state index contributed by atoms with van der Waals surface area (Å²) in [4.78, 5) is 29.1. The minimum absolute atomic E-state index is 0.200. The summed E-state index contributed by atoms with van der Waals surface area (Å²) in [5.41, 5.74) is 9.20. The highest BCUT2D eigenvalue weighted by atomic mass is 16.5. The second-order valence-corrected chi connectivity index (χ2v) is 10.6. The molecule has 3 heterocycles. The van der Waals surface area contributed by atoms with Crippen LogP contribution in [-0.4, -0.2) is 69.7 Å². The number of amides is 1. The van der Waals surface area contributed by atoms with Crippen LogP contribution < -0.4 is 10.5 Å². The molecule has 1 aromatic heterocycles. The van der Waals surface area contributed by atoms with Gasteiger partial charge in [-0.1, -0.05) is 24.3 Å². The standard InChI is InChI=1S/C27H36N6O2/c1-18(34)33-14-12-32(13-15-33)16-19-4-6-20(7-5-19)21-8-10-22(11-9-21)24-27(2,3)35-26-23(31-24)25(28)29-17-30-26/h8-11,17,19-20H,4-7,12-16H2,1-3H3,(H2,28,29,30). The number of nitrogens with two attached hydrogens (primary N) is 1. The second-order valence-electron chi connectivity index (χ2n) is 10.6. The summed E-state index contributed by atoms with van der Waals surface area (Å²) in [6.45, 7) is 10.6. The Balaban J connectivity index is 1.20. The number of aliphatic imine (C=N–C) groups is 1. The molecule has 8 heteroatoms. The average molecular weight is 477 g/mol. The Hall–Kier alpha value is -3.00. The predicted molar refractivity (Wildman–Crippen MR) is 137 cm³/mol. The lowest BCUT2D eigenvalue weighted by atomic mass is 9.78. The van der Waals surface area contributed by atoms with E-state index in [1.54, 1.807) is 6.92 Å². The number of nitrogens with zero attached hydrogens (tertiary/aromatic N) is 5. The Morgan fingerprint density at radius 2 is 1.74 bits per heavy atom. The van der Waals surface area contributed by atoms with Crippen LogP contribution in [0, 0.1) is 5.92 Å². The van der Waals surface area contributed by atoms with E-state index in [-0.39, 0.29) is 5.91 Å². The second kappa shape index (κ2) is 9.57. The maximum absolute atomic E-state index is 11.6. The maximum Gasteiger partial charge on any atom is 0.246 e. The van der Waals surface area contributed by atoms with Crippen molar-refractivity contribution < 1.29 is 9.53 Å². The van der Waals surface area contributed by atoms with Gasteiger partial charge in [-0.3, -0.25) is 9.69 Å². The fraction of sp³-hybridized carbons (Fsp3) is 0.556. The number of hydrogen-bond donors (Lipinski definition) is 1. The molecule has 35 heavy (non-hydrogen) atoms. The Morgan fingerprint density at radius 3 is 2.40 bits per heavy atom. The van der Waals surface area contributed by atoms with Gasteiger partial charge in [0.25, 0.3) is 0 Å². The molecular weight excluding hydrogens is 440 g/mol. The number of ether oxygens (including phenoxy) is 1. The van der Waals surface area contributed by atoms with Crippen LogP contribution in [0.4, 0.5) is 11.5 Å². The summed E-state index contributed by atoms with van der Waals surface area (Å²) in [6, 6.07) is 8.82. The van der Waals surface area contributed by atoms with Crippen molar-refractivity contribution in [3.05, 3.63) is 41.7 Å². The zero-order valence-corrected chi connectivity index (χ0v) is 21.0. The number of benzene rings is 1. The van der Waals surface area contributed by atoms with Gasteiger partial charge in [0.2, 0.25) is 11.8 Å². The number of fused-ring (bicyclic) bond motifs is 1. The number of anilines is 1. The Kier molecular flexibility index (Phi) is 6.49. The Labute approximate surface area is 207 Å². The molecule has 0 atom stereocenters. The molecule has 0 unspecified atom stereocenters. The third-order valence-electron chi connectivity index (χ3n) is 7.80. The van der Waals surface area contributed by atoms with E-state index in [0.29, 0.717) is 23.3 Å². The van der Waals surface area contributed by atoms with E-state index in [1.807, 2.05) is 18.7 Å². The quantitative estimate of drug-likeness (QED) is 0.721. The molecule has 5 rings (SSSR count). The van der Waals surface area contributed by atoms with Crippen molar-refractivity contribution >= 4 is 23.1 Å². The molecule has 1 saturated carbocycles. The SMILES string of the molecule is CC(=O)N1CCN(CC2CCC(c3ccc(C4=Nc5c(N)ncnc5OC4(C)C)cc3)CC2)CC1. The topological polar surface area (TPSA) is 96.9 Å². The smallest absolute Gasteiger partial charge is 0.246 e. The first kappa shape index (κ1) is 23.7. The number of piperazine rings is 1. The third-order valence-corrected chi connectivity index (χ3v) is 7.80. The van der Waals surface area contributed by atoms with Crippen LogP contribution in [0.5, 0.6) is 5.88 Å². The van der Waals surface area contributed by atoms with Gasteiger partial charge in [0.15, 0.2) is 11.5 Å². The third kappa shape index (κ3) is 5.03. The van der Waals surface area contributed by atoms with Crippen LogP contribution in [0.25, 0.3) is 0 Å². The molecular formula is C27H36N6O2. The van der Waals surface area contributed by atoms with E-state index in [2.05, 4.69) is 39.1 Å². The van der Waals surface area contributed by atoms with Gasteiger partial charge < -0.3 is 15.4 Å². The van der Waals surface area contributed by atoms with Crippen molar-refractivity contribution in [3.63, 3.8) is 0 Å². The molecule has 2 N–H and O–H groups in total. The highest BCUT2D eigenvalue weighted by Crippen LogP contribution is 2.40. The Morgan fingerprint density at radius 1 is 1.06 bits per heavy atom. The fourth-order valence-corrected chi connectivity index (χ4v) is 5.71. The van der Waals surface area contributed by atoms with E-state index in [4.69, 9.17) is 15.5 Å². The molecule has 186 valence electrons. The zero-order chi connectivity index (χ0) is 24.6. The Bertz CT molecular complexity index is 1100. The van der Waals surface area contributed by atoms with Crippen LogP contribution in [0.15, 0.2) is 35.6 Å². The monoisotopic (exact) mass is 476 g/mol. The molecule has 1 aromatic carbocycles. The van der Waals surface area contributed by atoms with Gasteiger partial charge in [0.1, 0.15) is 11.9 Å². The van der Waals surface area contributed by atoms with Gasteiger partial charge in [-0.25, -0.2) is 9.98 Å². The van der Waals surface area contributed by atoms with Crippen molar-refractivity contribution in [1.29, 1.82) is 0 Å². The molecule has 0 spiro atoms. The van der Waals surface area contributed by atoms with E-state index in [1.165, 1.54) is 44.1 Å². The van der Waals surface area contributed by atoms with Crippen LogP contribution in [0.2, 0.25) is 0 Å². The zero-order valence-electron chi connectivity index (χ0n) is 21.0. The number of rotatable bonds is 4. The van der Waals surface area contributed by atoms with Gasteiger partial charge in [-0.15, -0.1) is 0 Å². The summed E-state index contributed by atoms with van der Waals surface area (Å²) >= 11 is 0. The lowest BCUT2D eigenvalue weighted by molar-refractivity contribution is -0.130. The fourth-order valence-electron chi connectivity index (χ4n) is 5.71. The van der Waals surface area contributed by atoms with Crippen molar-refractivity contribution in [1.82, 2.24) is 19.8 Å². The highest BCUT2D eigenvalue weighted by molar-refractivity contribution is 6.09. The van der Waals surface area contributed by atoms with Crippen molar-refractivity contribution in [2.45, 2.75) is 58.0 Å². The first-order valence-corrected chi connectivity index (χ1v) is 12.8. The molecule has 2 aliphatic heterocycles. The summed E-state index contributed by atoms with van der Waals surface area (Å²) in [7, 11) is 0. The molecule has 0 radical (unpaired) electrons. The first-order chi connectivity index (χ1) is 16.8. The largest absolute Gasteiger partial charge is 0.463 e. The number of hydrogen-bond acceptors (Lipinski definition) is 7. The summed E-state index contributed by atoms with van der Waals surface area (Å²) in [5.74, 6) is 2.33. The molecule has 1 amide bonds. The first-order valence-electron chi connectivity index (χ1n) is 12.8. The summed E-state index contributed by atoms with van der Waals surface area (Å²) in [6.07, 6.45) is 6.40. The maximum atomic E-state index is 11.6. The molecule has 1 saturated heterocycles. The highest BCUT2D eigenvalue weighted by Gasteiger charge is 2.35. The van der Waals surface area contributed by atoms with E-state index in [9.17, 15) is 4.79 Å². The molecule has 1 aliphatic carbocycles. The molecule has 2 fully saturated rings. The molecule has 8 nitrogen and oxygen atoms in total. The minimum atomic E-state index is -0.608. The number of aromatic nitrogens is 2. The lowest BCUT2D eigenvalue weighted by Gasteiger charge is -2.38. The molecule has 0 bridgehead atoms. The number of nitrogen functional groups attached to an aromatic ring is 1. The van der Waals surface area contributed by atoms with Gasteiger partial charge in [-0.2, -0.15) is 4.98 Å². The average Bonchev–Trinajstić information content (AvgIpc) is 2.84. The normalized spacial score (nSPS) is 24.3. The minimum Gasteiger partial charge on any atom is -0.463 e. The molecule has 3 aliphatic rings. The van der Waals surface area contributed by atoms with Crippen molar-refractivity contribution in [2.24, 2.45) is 10.9 Å². The van der Waals surface area contributed by atoms with Crippen molar-refractivity contribution in [2.75, 3.05) is 38.5 Å². The van der Waals surface area contributed by atoms with Gasteiger partial charge in [-0.05, 0) is 56.9 Å². The summed E-state index contributed by atoms with van der Waals surface area (Å²) < 4.78 is 6.12. The van der Waals surface area contributed by atoms with Gasteiger partial charge >= 0.3 is 0 Å². The lowest BCUT2D eigenvalue weighted by Crippen LogP contribution is -2.49. The van der Waals surface area contributed by atoms with Crippen LogP contribution >= 0.6 is 0 Å². The summed E-state index contributed by atoms with van der Waals surface area (Å²) in [5, 5.41) is 0. The number of carbonyl (C=O) groups excluding carboxylic acids is 1. The number of carbonyl (C=O) groups is 1. The molecule has 2 aromatic rings. The van der Waals surface area contributed by atoms with Gasteiger partial charge in [0, 0.05) is 45.2 Å². The van der Waals surface area contributed by atoms with Crippen LogP contribution in [0.3, 0.4) is 0 Å². The predicted octanol–water partition coefficient (Wildman–Crippen LogP) is 3.79. The van der Waals surface area contributed by atoms with Crippen LogP contribution in [-0.2, 0) is 4.79 Å². The van der Waals surface area contributed by atoms with E-state index >= 15 is 0 Å². The van der Waals surface area contributed by atoms with E-state index < -0.39 is 5.60 Å².